The minimum absolute atomic E-state index is 0.281. The summed E-state index contributed by atoms with van der Waals surface area (Å²) in [6.07, 6.45) is 4.17. The summed E-state index contributed by atoms with van der Waals surface area (Å²) in [5.41, 5.74) is 0.896. The minimum Gasteiger partial charge on any atom is -0.462 e. The van der Waals surface area contributed by atoms with Crippen molar-refractivity contribution in [2.45, 2.75) is 33.6 Å². The highest BCUT2D eigenvalue weighted by molar-refractivity contribution is 7.20. The lowest BCUT2D eigenvalue weighted by Crippen LogP contribution is -2.37. The first kappa shape index (κ1) is 18.1. The highest BCUT2D eigenvalue weighted by Crippen LogP contribution is 2.33. The van der Waals surface area contributed by atoms with Gasteiger partial charge in [-0.2, -0.15) is 0 Å². The number of likely N-dealkylation sites (tertiary alicyclic amines) is 1. The topological polar surface area (TPSA) is 67.3 Å². The Bertz CT molecular complexity index is 746. The van der Waals surface area contributed by atoms with Gasteiger partial charge in [-0.1, -0.05) is 6.92 Å². The summed E-state index contributed by atoms with van der Waals surface area (Å²) in [6.45, 7) is 10.6. The van der Waals surface area contributed by atoms with Crippen molar-refractivity contribution < 1.29 is 9.53 Å². The van der Waals surface area contributed by atoms with E-state index in [-0.39, 0.29) is 5.97 Å². The SMILES string of the molecule is CCOC(=O)c1sc2ncnc(NCCN3CCCC(C)C3)c2c1C. The molecule has 0 spiro atoms. The van der Waals surface area contributed by atoms with Gasteiger partial charge in [0.2, 0.25) is 0 Å². The van der Waals surface area contributed by atoms with Crippen molar-refractivity contribution in [1.82, 2.24) is 14.9 Å². The number of rotatable bonds is 6. The second-order valence-corrected chi connectivity index (χ2v) is 7.65. The van der Waals surface area contributed by atoms with Gasteiger partial charge in [-0.3, -0.25) is 0 Å². The maximum Gasteiger partial charge on any atom is 0.348 e. The summed E-state index contributed by atoms with van der Waals surface area (Å²) in [7, 11) is 0. The van der Waals surface area contributed by atoms with Crippen LogP contribution in [0, 0.1) is 12.8 Å². The fourth-order valence-electron chi connectivity index (χ4n) is 3.42. The number of carbonyl (C=O) groups is 1. The highest BCUT2D eigenvalue weighted by atomic mass is 32.1. The smallest absolute Gasteiger partial charge is 0.348 e. The number of nitrogens with one attached hydrogen (secondary N) is 1. The average Bonchev–Trinajstić information content (AvgIpc) is 2.93. The van der Waals surface area contributed by atoms with Crippen molar-refractivity contribution in [3.63, 3.8) is 0 Å². The van der Waals surface area contributed by atoms with E-state index in [0.29, 0.717) is 11.5 Å². The lowest BCUT2D eigenvalue weighted by molar-refractivity contribution is 0.0531. The van der Waals surface area contributed by atoms with E-state index in [1.165, 1.54) is 37.3 Å². The number of aryl methyl sites for hydroxylation is 1. The number of ether oxygens (including phenoxy) is 1. The number of carbonyl (C=O) groups excluding carboxylic acids is 1. The molecule has 0 amide bonds. The molecule has 7 heteroatoms. The van der Waals surface area contributed by atoms with Crippen molar-refractivity contribution in [3.05, 3.63) is 16.8 Å². The first-order valence-electron chi connectivity index (χ1n) is 8.97. The van der Waals surface area contributed by atoms with E-state index in [4.69, 9.17) is 4.74 Å². The molecular weight excluding hydrogens is 336 g/mol. The molecule has 0 aromatic carbocycles. The zero-order valence-electron chi connectivity index (χ0n) is 15.2. The van der Waals surface area contributed by atoms with Crippen LogP contribution in [0.2, 0.25) is 0 Å². The van der Waals surface area contributed by atoms with Crippen LogP contribution in [0.1, 0.15) is 41.9 Å². The van der Waals surface area contributed by atoms with Crippen LogP contribution in [-0.2, 0) is 4.74 Å². The molecule has 136 valence electrons. The molecule has 0 aliphatic carbocycles. The zero-order chi connectivity index (χ0) is 17.8. The van der Waals surface area contributed by atoms with Crippen LogP contribution in [0.4, 0.5) is 5.82 Å². The molecular formula is C18H26N4O2S. The van der Waals surface area contributed by atoms with Gasteiger partial charge in [-0.05, 0) is 44.7 Å². The van der Waals surface area contributed by atoms with Gasteiger partial charge in [0.05, 0.1) is 12.0 Å². The average molecular weight is 362 g/mol. The van der Waals surface area contributed by atoms with Crippen LogP contribution in [0.15, 0.2) is 6.33 Å². The van der Waals surface area contributed by atoms with Gasteiger partial charge in [0.25, 0.3) is 0 Å². The standard InChI is InChI=1S/C18H26N4O2S/c1-4-24-18(23)15-13(3)14-16(20-11-21-17(14)25-15)19-7-9-22-8-5-6-12(2)10-22/h11-12H,4-10H2,1-3H3,(H,19,20,21). The Morgan fingerprint density at radius 2 is 2.32 bits per heavy atom. The Morgan fingerprint density at radius 1 is 1.48 bits per heavy atom. The molecule has 0 saturated carbocycles. The van der Waals surface area contributed by atoms with Crippen molar-refractivity contribution in [3.8, 4) is 0 Å². The van der Waals surface area contributed by atoms with Gasteiger partial charge < -0.3 is 15.0 Å². The quantitative estimate of drug-likeness (QED) is 0.795. The maximum absolute atomic E-state index is 12.1. The lowest BCUT2D eigenvalue weighted by atomic mass is 10.0. The van der Waals surface area contributed by atoms with Crippen LogP contribution >= 0.6 is 11.3 Å². The van der Waals surface area contributed by atoms with Gasteiger partial charge >= 0.3 is 5.97 Å². The number of hydrogen-bond donors (Lipinski definition) is 1. The molecule has 2 aromatic heterocycles. The van der Waals surface area contributed by atoms with Gasteiger partial charge in [-0.25, -0.2) is 14.8 Å². The zero-order valence-corrected chi connectivity index (χ0v) is 16.0. The number of nitrogens with zero attached hydrogens (tertiary/aromatic N) is 3. The summed E-state index contributed by atoms with van der Waals surface area (Å²) in [6, 6.07) is 0. The van der Waals surface area contributed by atoms with E-state index < -0.39 is 0 Å². The molecule has 1 fully saturated rings. The Balaban J connectivity index is 1.72. The van der Waals surface area contributed by atoms with Gasteiger partial charge in [0.15, 0.2) is 0 Å². The fraction of sp³-hybridized carbons (Fsp3) is 0.611. The van der Waals surface area contributed by atoms with Crippen LogP contribution in [-0.4, -0.2) is 53.6 Å². The second-order valence-electron chi connectivity index (χ2n) is 6.65. The fourth-order valence-corrected chi connectivity index (χ4v) is 4.46. The summed E-state index contributed by atoms with van der Waals surface area (Å²) in [5.74, 6) is 1.31. The number of esters is 1. The summed E-state index contributed by atoms with van der Waals surface area (Å²) in [5, 5.41) is 4.37. The van der Waals surface area contributed by atoms with Gasteiger partial charge in [0, 0.05) is 19.6 Å². The van der Waals surface area contributed by atoms with Crippen molar-refractivity contribution in [2.24, 2.45) is 5.92 Å². The minimum atomic E-state index is -0.281. The predicted molar refractivity (Wildman–Crippen MR) is 101 cm³/mol. The molecule has 1 saturated heterocycles. The third kappa shape index (κ3) is 4.10. The predicted octanol–water partition coefficient (Wildman–Crippen LogP) is 3.32. The van der Waals surface area contributed by atoms with Crippen molar-refractivity contribution in [2.75, 3.05) is 38.1 Å². The number of anilines is 1. The first-order valence-corrected chi connectivity index (χ1v) is 9.79. The van der Waals surface area contributed by atoms with Crippen LogP contribution in [0.5, 0.6) is 0 Å². The summed E-state index contributed by atoms with van der Waals surface area (Å²) >= 11 is 1.37. The molecule has 25 heavy (non-hydrogen) atoms. The lowest BCUT2D eigenvalue weighted by Gasteiger charge is -2.30. The molecule has 3 heterocycles. The molecule has 1 unspecified atom stereocenters. The normalized spacial score (nSPS) is 18.4. The number of thiophene rings is 1. The highest BCUT2D eigenvalue weighted by Gasteiger charge is 2.20. The monoisotopic (exact) mass is 362 g/mol. The van der Waals surface area contributed by atoms with Gasteiger partial charge in [0.1, 0.15) is 21.9 Å². The van der Waals surface area contributed by atoms with Gasteiger partial charge in [-0.15, -0.1) is 11.3 Å². The third-order valence-corrected chi connectivity index (χ3v) is 5.83. The number of hydrogen-bond acceptors (Lipinski definition) is 7. The molecule has 1 atom stereocenters. The molecule has 1 aliphatic rings. The van der Waals surface area contributed by atoms with Crippen molar-refractivity contribution in [1.29, 1.82) is 0 Å². The largest absolute Gasteiger partial charge is 0.462 e. The molecule has 3 rings (SSSR count). The van der Waals surface area contributed by atoms with Crippen molar-refractivity contribution >= 4 is 33.3 Å². The van der Waals surface area contributed by atoms with Crippen LogP contribution in [0.25, 0.3) is 10.2 Å². The molecule has 0 bridgehead atoms. The summed E-state index contributed by atoms with van der Waals surface area (Å²) in [4.78, 5) is 24.8. The molecule has 6 nitrogen and oxygen atoms in total. The Hall–Kier alpha value is -1.73. The Labute approximate surface area is 152 Å². The number of fused-ring (bicyclic) bond motifs is 1. The Morgan fingerprint density at radius 3 is 3.08 bits per heavy atom. The number of piperidine rings is 1. The molecule has 1 aliphatic heterocycles. The van der Waals surface area contributed by atoms with E-state index in [2.05, 4.69) is 27.1 Å². The number of aromatic nitrogens is 2. The molecule has 1 N–H and O–H groups in total. The van der Waals surface area contributed by atoms with E-state index in [1.54, 1.807) is 6.33 Å². The Kier molecular flexibility index (Phi) is 5.86. The van der Waals surface area contributed by atoms with Crippen LogP contribution < -0.4 is 5.32 Å². The summed E-state index contributed by atoms with van der Waals surface area (Å²) < 4.78 is 5.14. The van der Waals surface area contributed by atoms with E-state index >= 15 is 0 Å². The van der Waals surface area contributed by atoms with E-state index in [1.807, 2.05) is 13.8 Å². The molecule has 2 aromatic rings. The maximum atomic E-state index is 12.1. The second kappa shape index (κ2) is 8.10. The first-order chi connectivity index (χ1) is 12.1. The third-order valence-electron chi connectivity index (χ3n) is 4.65. The van der Waals surface area contributed by atoms with Crippen LogP contribution in [0.3, 0.4) is 0 Å². The van der Waals surface area contributed by atoms with E-state index in [9.17, 15) is 4.79 Å². The van der Waals surface area contributed by atoms with E-state index in [0.717, 1.165) is 40.6 Å². The molecule has 0 radical (unpaired) electrons.